The van der Waals surface area contributed by atoms with Gasteiger partial charge in [-0.2, -0.15) is 0 Å². The molecule has 0 bridgehead atoms. The van der Waals surface area contributed by atoms with Crippen molar-refractivity contribution >= 4 is 17.5 Å². The molecule has 0 aliphatic heterocycles. The Bertz CT molecular complexity index is 639. The summed E-state index contributed by atoms with van der Waals surface area (Å²) in [5, 5.41) is 21.3. The van der Waals surface area contributed by atoms with Gasteiger partial charge in [0.25, 0.3) is 5.69 Å². The van der Waals surface area contributed by atoms with E-state index in [1.807, 2.05) is 0 Å². The number of hydrogen-bond acceptors (Lipinski definition) is 4. The van der Waals surface area contributed by atoms with Crippen molar-refractivity contribution in [1.29, 1.82) is 0 Å². The van der Waals surface area contributed by atoms with Crippen LogP contribution in [0.4, 0.5) is 16.2 Å². The van der Waals surface area contributed by atoms with Crippen molar-refractivity contribution in [3.05, 3.63) is 58.6 Å². The summed E-state index contributed by atoms with van der Waals surface area (Å²) >= 11 is 0. The van der Waals surface area contributed by atoms with Crippen LogP contribution in [-0.4, -0.2) is 16.1 Å². The summed E-state index contributed by atoms with van der Waals surface area (Å²) in [6.07, 6.45) is -1.17. The molecule has 2 rings (SSSR count). The van der Waals surface area contributed by atoms with Gasteiger partial charge >= 0.3 is 6.09 Å². The molecular formula is C13H10N2O5. The lowest BCUT2D eigenvalue weighted by molar-refractivity contribution is -0.384. The van der Waals surface area contributed by atoms with Crippen molar-refractivity contribution in [1.82, 2.24) is 0 Å². The third-order valence-corrected chi connectivity index (χ3v) is 2.37. The van der Waals surface area contributed by atoms with Gasteiger partial charge in [-0.3, -0.25) is 15.4 Å². The molecule has 2 N–H and O–H groups in total. The van der Waals surface area contributed by atoms with Crippen LogP contribution in [0, 0.1) is 10.1 Å². The predicted molar refractivity (Wildman–Crippen MR) is 71.3 cm³/mol. The zero-order valence-corrected chi connectivity index (χ0v) is 10.1. The fourth-order valence-corrected chi connectivity index (χ4v) is 1.53. The van der Waals surface area contributed by atoms with Gasteiger partial charge in [0.1, 0.15) is 11.5 Å². The van der Waals surface area contributed by atoms with Gasteiger partial charge in [0.05, 0.1) is 4.92 Å². The zero-order valence-electron chi connectivity index (χ0n) is 10.1. The molecule has 0 heterocycles. The minimum absolute atomic E-state index is 0.0290. The van der Waals surface area contributed by atoms with Gasteiger partial charge in [0.2, 0.25) is 0 Å². The van der Waals surface area contributed by atoms with Gasteiger partial charge < -0.3 is 9.84 Å². The Morgan fingerprint density at radius 2 is 1.85 bits per heavy atom. The van der Waals surface area contributed by atoms with Crippen LogP contribution < -0.4 is 10.1 Å². The molecule has 0 aliphatic rings. The molecule has 7 nitrogen and oxygen atoms in total. The van der Waals surface area contributed by atoms with E-state index in [1.54, 1.807) is 18.2 Å². The Morgan fingerprint density at radius 3 is 2.45 bits per heavy atom. The second kappa shape index (κ2) is 5.70. The molecule has 0 aromatic heterocycles. The first kappa shape index (κ1) is 13.3. The third-order valence-electron chi connectivity index (χ3n) is 2.37. The van der Waals surface area contributed by atoms with Gasteiger partial charge in [-0.1, -0.05) is 6.07 Å². The number of carboxylic acid groups (broad SMARTS) is 1. The molecule has 20 heavy (non-hydrogen) atoms. The van der Waals surface area contributed by atoms with E-state index in [2.05, 4.69) is 5.32 Å². The standard InChI is InChI=1S/C13H10N2O5/c16-13(17)14-9-2-1-3-12(8-9)20-11-6-4-10(5-7-11)15(18)19/h1-8,14H,(H,16,17). The topological polar surface area (TPSA) is 102 Å². The van der Waals surface area contributed by atoms with E-state index >= 15 is 0 Å². The van der Waals surface area contributed by atoms with Crippen LogP contribution in [0.2, 0.25) is 0 Å². The summed E-state index contributed by atoms with van der Waals surface area (Å²) in [5.41, 5.74) is 0.343. The second-order valence-corrected chi connectivity index (χ2v) is 3.81. The number of non-ortho nitro benzene ring substituents is 1. The highest BCUT2D eigenvalue weighted by atomic mass is 16.6. The summed E-state index contributed by atoms with van der Waals surface area (Å²) < 4.78 is 5.48. The third kappa shape index (κ3) is 3.45. The first-order valence-electron chi connectivity index (χ1n) is 5.57. The Morgan fingerprint density at radius 1 is 1.15 bits per heavy atom. The molecule has 102 valence electrons. The predicted octanol–water partition coefficient (Wildman–Crippen LogP) is 3.48. The number of ether oxygens (including phenoxy) is 1. The smallest absolute Gasteiger partial charge is 0.409 e. The first-order chi connectivity index (χ1) is 9.54. The lowest BCUT2D eigenvalue weighted by Gasteiger charge is -2.07. The molecular weight excluding hydrogens is 264 g/mol. The quantitative estimate of drug-likeness (QED) is 0.656. The van der Waals surface area contributed by atoms with Gasteiger partial charge in [-0.15, -0.1) is 0 Å². The van der Waals surface area contributed by atoms with Gasteiger partial charge in [-0.25, -0.2) is 4.79 Å². The van der Waals surface area contributed by atoms with Crippen molar-refractivity contribution in [3.8, 4) is 11.5 Å². The number of amides is 1. The SMILES string of the molecule is O=C(O)Nc1cccc(Oc2ccc([N+](=O)[O-])cc2)c1. The maximum absolute atomic E-state index is 10.5. The van der Waals surface area contributed by atoms with Crippen molar-refractivity contribution in [3.63, 3.8) is 0 Å². The van der Waals surface area contributed by atoms with E-state index in [9.17, 15) is 14.9 Å². The average Bonchev–Trinajstić information content (AvgIpc) is 2.39. The molecule has 0 radical (unpaired) electrons. The van der Waals surface area contributed by atoms with Gasteiger partial charge in [0.15, 0.2) is 0 Å². The Labute approximate surface area is 113 Å². The number of carbonyl (C=O) groups is 1. The monoisotopic (exact) mass is 274 g/mol. The highest BCUT2D eigenvalue weighted by Gasteiger charge is 2.06. The van der Waals surface area contributed by atoms with E-state index in [1.165, 1.54) is 30.3 Å². The Balaban J connectivity index is 2.13. The highest BCUT2D eigenvalue weighted by Crippen LogP contribution is 2.25. The van der Waals surface area contributed by atoms with E-state index in [0.29, 0.717) is 17.2 Å². The van der Waals surface area contributed by atoms with Crippen LogP contribution in [0.3, 0.4) is 0 Å². The number of nitro groups is 1. The largest absolute Gasteiger partial charge is 0.465 e. The summed E-state index contributed by atoms with van der Waals surface area (Å²) in [7, 11) is 0. The van der Waals surface area contributed by atoms with Crippen LogP contribution in [0.1, 0.15) is 0 Å². The lowest BCUT2D eigenvalue weighted by atomic mass is 10.3. The van der Waals surface area contributed by atoms with Crippen LogP contribution in [0.25, 0.3) is 0 Å². The van der Waals surface area contributed by atoms with Crippen LogP contribution in [0.15, 0.2) is 48.5 Å². The van der Waals surface area contributed by atoms with Gasteiger partial charge in [-0.05, 0) is 24.3 Å². The van der Waals surface area contributed by atoms with E-state index in [0.717, 1.165) is 0 Å². The zero-order chi connectivity index (χ0) is 14.5. The van der Waals surface area contributed by atoms with E-state index < -0.39 is 11.0 Å². The molecule has 2 aromatic rings. The maximum Gasteiger partial charge on any atom is 0.409 e. The Kier molecular flexibility index (Phi) is 3.80. The highest BCUT2D eigenvalue weighted by molar-refractivity contribution is 5.83. The van der Waals surface area contributed by atoms with Crippen LogP contribution >= 0.6 is 0 Å². The average molecular weight is 274 g/mol. The molecule has 2 aromatic carbocycles. The summed E-state index contributed by atoms with van der Waals surface area (Å²) in [6.45, 7) is 0. The first-order valence-corrected chi connectivity index (χ1v) is 5.57. The Hall–Kier alpha value is -3.09. The molecule has 7 heteroatoms. The van der Waals surface area contributed by atoms with Crippen molar-refractivity contribution in [2.45, 2.75) is 0 Å². The number of rotatable bonds is 4. The number of hydrogen-bond donors (Lipinski definition) is 2. The van der Waals surface area contributed by atoms with Crippen molar-refractivity contribution < 1.29 is 19.6 Å². The van der Waals surface area contributed by atoms with Crippen LogP contribution in [0.5, 0.6) is 11.5 Å². The van der Waals surface area contributed by atoms with E-state index in [4.69, 9.17) is 9.84 Å². The summed E-state index contributed by atoms with van der Waals surface area (Å²) in [4.78, 5) is 20.5. The minimum Gasteiger partial charge on any atom is -0.465 e. The maximum atomic E-state index is 10.5. The van der Waals surface area contributed by atoms with Crippen LogP contribution in [-0.2, 0) is 0 Å². The minimum atomic E-state index is -1.17. The molecule has 0 saturated heterocycles. The summed E-state index contributed by atoms with van der Waals surface area (Å²) in [5.74, 6) is 0.841. The molecule has 0 aliphatic carbocycles. The molecule has 0 saturated carbocycles. The lowest BCUT2D eigenvalue weighted by Crippen LogP contribution is -2.06. The molecule has 1 amide bonds. The number of nitro benzene ring substituents is 1. The summed E-state index contributed by atoms with van der Waals surface area (Å²) in [6, 6.07) is 12.0. The molecule has 0 unspecified atom stereocenters. The number of nitrogens with zero attached hydrogens (tertiary/aromatic N) is 1. The number of anilines is 1. The number of nitrogens with one attached hydrogen (secondary N) is 1. The molecule has 0 fully saturated rings. The molecule has 0 spiro atoms. The molecule has 0 atom stereocenters. The number of benzene rings is 2. The van der Waals surface area contributed by atoms with Gasteiger partial charge in [0, 0.05) is 23.9 Å². The normalized spacial score (nSPS) is 9.80. The van der Waals surface area contributed by atoms with Crippen molar-refractivity contribution in [2.75, 3.05) is 5.32 Å². The fourth-order valence-electron chi connectivity index (χ4n) is 1.53. The van der Waals surface area contributed by atoms with E-state index in [-0.39, 0.29) is 5.69 Å². The fraction of sp³-hybridized carbons (Fsp3) is 0. The second-order valence-electron chi connectivity index (χ2n) is 3.81. The van der Waals surface area contributed by atoms with Crippen molar-refractivity contribution in [2.24, 2.45) is 0 Å².